The van der Waals surface area contributed by atoms with Crippen LogP contribution in [0.5, 0.6) is 0 Å². The Morgan fingerprint density at radius 1 is 1.31 bits per heavy atom. The van der Waals surface area contributed by atoms with Gasteiger partial charge in [-0.25, -0.2) is 0 Å². The van der Waals surface area contributed by atoms with Crippen molar-refractivity contribution in [1.82, 2.24) is 5.32 Å². The highest BCUT2D eigenvalue weighted by Gasteiger charge is 2.20. The molecule has 2 atom stereocenters. The first-order chi connectivity index (χ1) is 7.90. The van der Waals surface area contributed by atoms with Crippen LogP contribution in [0.15, 0.2) is 42.5 Å². The summed E-state index contributed by atoms with van der Waals surface area (Å²) in [5.74, 6) is 0. The number of benzene rings is 1. The van der Waals surface area contributed by atoms with Crippen LogP contribution in [0, 0.1) is 0 Å². The van der Waals surface area contributed by atoms with Gasteiger partial charge < -0.3 is 15.2 Å². The lowest BCUT2D eigenvalue weighted by Gasteiger charge is -2.27. The average Bonchev–Trinajstić information content (AvgIpc) is 2.38. The Kier molecular flexibility index (Phi) is 4.10. The van der Waals surface area contributed by atoms with Crippen LogP contribution in [-0.4, -0.2) is 30.4 Å². The van der Waals surface area contributed by atoms with Crippen LogP contribution < -0.4 is 5.32 Å². The first-order valence-electron chi connectivity index (χ1n) is 5.56. The van der Waals surface area contributed by atoms with E-state index in [1.165, 1.54) is 0 Å². The fourth-order valence-electron chi connectivity index (χ4n) is 1.78. The Hall–Kier alpha value is -1.16. The second kappa shape index (κ2) is 5.80. The van der Waals surface area contributed by atoms with Gasteiger partial charge in [0.05, 0.1) is 25.4 Å². The summed E-state index contributed by atoms with van der Waals surface area (Å²) >= 11 is 0. The zero-order valence-corrected chi connectivity index (χ0v) is 9.17. The summed E-state index contributed by atoms with van der Waals surface area (Å²) < 4.78 is 5.76. The molecule has 0 saturated carbocycles. The van der Waals surface area contributed by atoms with Crippen molar-refractivity contribution in [3.63, 3.8) is 0 Å². The molecular formula is C13H17NO2. The minimum atomic E-state index is -0.0426. The summed E-state index contributed by atoms with van der Waals surface area (Å²) in [5, 5.41) is 12.4. The molecule has 86 valence electrons. The number of rotatable bonds is 4. The fourth-order valence-corrected chi connectivity index (χ4v) is 1.78. The summed E-state index contributed by atoms with van der Waals surface area (Å²) in [6.45, 7) is 1.48. The first kappa shape index (κ1) is 11.3. The van der Waals surface area contributed by atoms with Gasteiger partial charge in [0.1, 0.15) is 0 Å². The van der Waals surface area contributed by atoms with Crippen molar-refractivity contribution in [3.8, 4) is 0 Å². The first-order valence-corrected chi connectivity index (χ1v) is 5.56. The van der Waals surface area contributed by atoms with Gasteiger partial charge in [-0.05, 0) is 5.56 Å². The molecule has 2 N–H and O–H groups in total. The van der Waals surface area contributed by atoms with E-state index in [0.29, 0.717) is 6.61 Å². The molecule has 0 unspecified atom stereocenters. The van der Waals surface area contributed by atoms with Crippen LogP contribution >= 0.6 is 0 Å². The lowest BCUT2D eigenvalue weighted by molar-refractivity contribution is 0.0271. The highest BCUT2D eigenvalue weighted by molar-refractivity contribution is 5.14. The predicted octanol–water partition coefficient (Wildman–Crippen LogP) is 1.09. The van der Waals surface area contributed by atoms with Crippen molar-refractivity contribution in [2.24, 2.45) is 0 Å². The average molecular weight is 219 g/mol. The van der Waals surface area contributed by atoms with Crippen LogP contribution in [0.25, 0.3) is 0 Å². The third-order valence-electron chi connectivity index (χ3n) is 2.70. The highest BCUT2D eigenvalue weighted by Crippen LogP contribution is 2.09. The van der Waals surface area contributed by atoms with Gasteiger partial charge in [-0.2, -0.15) is 0 Å². The lowest BCUT2D eigenvalue weighted by atomic mass is 10.1. The van der Waals surface area contributed by atoms with E-state index in [2.05, 4.69) is 5.32 Å². The number of aliphatic hydroxyl groups is 1. The van der Waals surface area contributed by atoms with Crippen LogP contribution in [0.2, 0.25) is 0 Å². The molecule has 0 spiro atoms. The van der Waals surface area contributed by atoms with Crippen molar-refractivity contribution in [1.29, 1.82) is 0 Å². The molecule has 1 aliphatic rings. The Morgan fingerprint density at radius 3 is 2.88 bits per heavy atom. The van der Waals surface area contributed by atoms with E-state index in [1.807, 2.05) is 42.5 Å². The molecule has 0 bridgehead atoms. The minimum absolute atomic E-state index is 0.00807. The predicted molar refractivity (Wildman–Crippen MR) is 63.0 cm³/mol. The Bertz CT molecular complexity index is 337. The third-order valence-corrected chi connectivity index (χ3v) is 2.70. The molecule has 2 rings (SSSR count). The molecule has 0 aliphatic carbocycles. The molecule has 0 fully saturated rings. The van der Waals surface area contributed by atoms with E-state index in [0.717, 1.165) is 12.1 Å². The summed E-state index contributed by atoms with van der Waals surface area (Å²) in [5.41, 5.74) is 1.15. The van der Waals surface area contributed by atoms with E-state index in [4.69, 9.17) is 4.74 Å². The van der Waals surface area contributed by atoms with Crippen LogP contribution in [0.4, 0.5) is 0 Å². The van der Waals surface area contributed by atoms with Crippen molar-refractivity contribution >= 4 is 0 Å². The lowest BCUT2D eigenvalue weighted by Crippen LogP contribution is -2.45. The third kappa shape index (κ3) is 2.92. The van der Waals surface area contributed by atoms with E-state index < -0.39 is 0 Å². The summed E-state index contributed by atoms with van der Waals surface area (Å²) in [6, 6.07) is 10.1. The monoisotopic (exact) mass is 219 g/mol. The molecule has 3 heteroatoms. The second-order valence-electron chi connectivity index (χ2n) is 3.89. The van der Waals surface area contributed by atoms with Gasteiger partial charge in [-0.1, -0.05) is 42.5 Å². The second-order valence-corrected chi connectivity index (χ2v) is 3.89. The standard InChI is InChI=1S/C13H17NO2/c15-9-12-13(7-4-8-14-12)16-10-11-5-2-1-3-6-11/h1-7,12-15H,8-10H2/t12-,13+/m0/s1. The maximum atomic E-state index is 9.18. The van der Waals surface area contributed by atoms with E-state index in [1.54, 1.807) is 0 Å². The molecular weight excluding hydrogens is 202 g/mol. The normalized spacial score (nSPS) is 24.6. The van der Waals surface area contributed by atoms with Crippen molar-refractivity contribution in [2.45, 2.75) is 18.8 Å². The van der Waals surface area contributed by atoms with Gasteiger partial charge in [0.25, 0.3) is 0 Å². The number of ether oxygens (including phenoxy) is 1. The van der Waals surface area contributed by atoms with E-state index >= 15 is 0 Å². The number of nitrogens with one attached hydrogen (secondary N) is 1. The molecule has 0 saturated heterocycles. The van der Waals surface area contributed by atoms with E-state index in [-0.39, 0.29) is 18.8 Å². The maximum Gasteiger partial charge on any atom is 0.0936 e. The van der Waals surface area contributed by atoms with Crippen molar-refractivity contribution in [3.05, 3.63) is 48.0 Å². The number of hydrogen-bond acceptors (Lipinski definition) is 3. The Balaban J connectivity index is 1.89. The molecule has 0 aromatic heterocycles. The molecule has 16 heavy (non-hydrogen) atoms. The maximum absolute atomic E-state index is 9.18. The summed E-state index contributed by atoms with van der Waals surface area (Å²) in [6.07, 6.45) is 4.00. The minimum Gasteiger partial charge on any atom is -0.395 e. The van der Waals surface area contributed by atoms with Crippen molar-refractivity contribution < 1.29 is 9.84 Å². The fraction of sp³-hybridized carbons (Fsp3) is 0.385. The summed E-state index contributed by atoms with van der Waals surface area (Å²) in [4.78, 5) is 0. The van der Waals surface area contributed by atoms with Crippen LogP contribution in [0.1, 0.15) is 5.56 Å². The van der Waals surface area contributed by atoms with Gasteiger partial charge in [0.15, 0.2) is 0 Å². The molecule has 3 nitrogen and oxygen atoms in total. The Labute approximate surface area is 95.7 Å². The largest absolute Gasteiger partial charge is 0.395 e. The smallest absolute Gasteiger partial charge is 0.0936 e. The molecule has 0 amide bonds. The molecule has 1 aromatic carbocycles. The van der Waals surface area contributed by atoms with Gasteiger partial charge in [0, 0.05) is 6.54 Å². The van der Waals surface area contributed by atoms with Crippen molar-refractivity contribution in [2.75, 3.05) is 13.2 Å². The number of aliphatic hydroxyl groups excluding tert-OH is 1. The van der Waals surface area contributed by atoms with E-state index in [9.17, 15) is 5.11 Å². The van der Waals surface area contributed by atoms with Gasteiger partial charge >= 0.3 is 0 Å². The SMILES string of the molecule is OC[C@@H]1NCC=C[C@H]1OCc1ccccc1. The molecule has 1 aromatic rings. The molecule has 1 heterocycles. The molecule has 1 aliphatic heterocycles. The topological polar surface area (TPSA) is 41.5 Å². The summed E-state index contributed by atoms with van der Waals surface area (Å²) in [7, 11) is 0. The van der Waals surface area contributed by atoms with Crippen LogP contribution in [-0.2, 0) is 11.3 Å². The van der Waals surface area contributed by atoms with Gasteiger partial charge in [-0.3, -0.25) is 0 Å². The zero-order chi connectivity index (χ0) is 11.2. The van der Waals surface area contributed by atoms with Gasteiger partial charge in [0.2, 0.25) is 0 Å². The quantitative estimate of drug-likeness (QED) is 0.745. The van der Waals surface area contributed by atoms with Crippen LogP contribution in [0.3, 0.4) is 0 Å². The number of hydrogen-bond donors (Lipinski definition) is 2. The highest BCUT2D eigenvalue weighted by atomic mass is 16.5. The zero-order valence-electron chi connectivity index (χ0n) is 9.17. The Morgan fingerprint density at radius 2 is 2.12 bits per heavy atom. The van der Waals surface area contributed by atoms with Gasteiger partial charge in [-0.15, -0.1) is 0 Å². The molecule has 0 radical (unpaired) electrons.